The number of hydrogen-bond acceptors (Lipinski definition) is 9. The molecule has 25 heavy (non-hydrogen) atoms. The van der Waals surface area contributed by atoms with Crippen LogP contribution in [0.25, 0.3) is 6.08 Å². The quantitative estimate of drug-likeness (QED) is 0.257. The molecule has 4 atom stereocenters. The van der Waals surface area contributed by atoms with E-state index >= 15 is 0 Å². The van der Waals surface area contributed by atoms with E-state index in [0.29, 0.717) is 5.56 Å². The summed E-state index contributed by atoms with van der Waals surface area (Å²) in [5.74, 6) is -0.546. The fraction of sp³-hybridized carbons (Fsp3) is 0.467. The van der Waals surface area contributed by atoms with Gasteiger partial charge in [0.1, 0.15) is 30.2 Å². The standard InChI is InChI=1S/C15H22O6.Al.3H2O/c1-8-3-4-10(5-9(8)2)6-11(17)13(19)15(21)14(20)12(18)7-16;;;;/h3-6,12-21H,7H2,1-2H3;;3*1H2/q;+3;;;/p-3. The summed E-state index contributed by atoms with van der Waals surface area (Å²) >= 11 is 0. The van der Waals surface area contributed by atoms with E-state index in [4.69, 9.17) is 5.11 Å². The molecule has 142 valence electrons. The molecule has 9 nitrogen and oxygen atoms in total. The second-order valence-corrected chi connectivity index (χ2v) is 5.09. The van der Waals surface area contributed by atoms with Crippen molar-refractivity contribution in [2.24, 2.45) is 0 Å². The molecule has 9 N–H and O–H groups in total. The number of hydrogen-bond donors (Lipinski definition) is 6. The minimum Gasteiger partial charge on any atom is -0.870 e. The van der Waals surface area contributed by atoms with Gasteiger partial charge in [-0.1, -0.05) is 18.2 Å². The van der Waals surface area contributed by atoms with Gasteiger partial charge >= 0.3 is 17.4 Å². The van der Waals surface area contributed by atoms with Crippen LogP contribution in [0.2, 0.25) is 0 Å². The van der Waals surface area contributed by atoms with Gasteiger partial charge in [0.25, 0.3) is 0 Å². The molecule has 0 amide bonds. The first-order valence-corrected chi connectivity index (χ1v) is 6.58. The first kappa shape index (κ1) is 31.7. The number of rotatable bonds is 6. The number of aliphatic hydroxyl groups is 6. The molecule has 1 aromatic carbocycles. The summed E-state index contributed by atoms with van der Waals surface area (Å²) in [4.78, 5) is 0. The van der Waals surface area contributed by atoms with Crippen LogP contribution in [0.3, 0.4) is 0 Å². The van der Waals surface area contributed by atoms with E-state index in [1.165, 1.54) is 6.08 Å². The van der Waals surface area contributed by atoms with Gasteiger partial charge in [0.2, 0.25) is 0 Å². The van der Waals surface area contributed by atoms with Crippen molar-refractivity contribution in [1.29, 1.82) is 0 Å². The molecule has 1 aromatic rings. The number of aliphatic hydroxyl groups excluding tert-OH is 6. The van der Waals surface area contributed by atoms with Crippen molar-refractivity contribution in [3.63, 3.8) is 0 Å². The Morgan fingerprint density at radius 1 is 0.960 bits per heavy atom. The molecule has 0 spiro atoms. The van der Waals surface area contributed by atoms with Crippen molar-refractivity contribution in [2.75, 3.05) is 6.61 Å². The van der Waals surface area contributed by atoms with Gasteiger partial charge in [-0.25, -0.2) is 0 Å². The summed E-state index contributed by atoms with van der Waals surface area (Å²) in [6.07, 6.45) is -5.72. The summed E-state index contributed by atoms with van der Waals surface area (Å²) in [7, 11) is 0. The Labute approximate surface area is 156 Å². The van der Waals surface area contributed by atoms with Gasteiger partial charge in [0, 0.05) is 0 Å². The van der Waals surface area contributed by atoms with Crippen LogP contribution < -0.4 is 0 Å². The molecule has 0 bridgehead atoms. The first-order chi connectivity index (χ1) is 9.77. The third-order valence-corrected chi connectivity index (χ3v) is 3.40. The molecule has 0 aliphatic rings. The van der Waals surface area contributed by atoms with Gasteiger partial charge < -0.3 is 47.1 Å². The van der Waals surface area contributed by atoms with E-state index in [2.05, 4.69) is 0 Å². The Kier molecular flexibility index (Phi) is 18.0. The minimum absolute atomic E-state index is 0. The second kappa shape index (κ2) is 14.2. The van der Waals surface area contributed by atoms with Gasteiger partial charge in [0.15, 0.2) is 0 Å². The van der Waals surface area contributed by atoms with E-state index in [0.717, 1.165) is 11.1 Å². The molecule has 0 radical (unpaired) electrons. The average molecular weight is 376 g/mol. The Morgan fingerprint density at radius 3 is 1.92 bits per heavy atom. The SMILES string of the molecule is Cc1ccc(C=C(O)C(O)C(O)C(O)C(O)CO)cc1C.[Al+3].[OH-].[OH-].[OH-]. The second-order valence-electron chi connectivity index (χ2n) is 5.09. The number of aryl methyl sites for hydroxylation is 2. The zero-order chi connectivity index (χ0) is 16.2. The van der Waals surface area contributed by atoms with Gasteiger partial charge in [-0.15, -0.1) is 0 Å². The van der Waals surface area contributed by atoms with E-state index in [-0.39, 0.29) is 33.8 Å². The van der Waals surface area contributed by atoms with Crippen LogP contribution >= 0.6 is 0 Å². The van der Waals surface area contributed by atoms with E-state index < -0.39 is 36.8 Å². The Morgan fingerprint density at radius 2 is 1.48 bits per heavy atom. The fourth-order valence-electron chi connectivity index (χ4n) is 1.81. The molecular weight excluding hydrogens is 351 g/mol. The topological polar surface area (TPSA) is 211 Å². The van der Waals surface area contributed by atoms with Crippen molar-refractivity contribution in [2.45, 2.75) is 38.3 Å². The zero-order valence-electron chi connectivity index (χ0n) is 13.9. The van der Waals surface area contributed by atoms with Crippen molar-refractivity contribution < 1.29 is 47.1 Å². The monoisotopic (exact) mass is 376 g/mol. The van der Waals surface area contributed by atoms with Crippen LogP contribution in [-0.4, -0.2) is 95.5 Å². The Hall–Kier alpha value is -1.03. The van der Waals surface area contributed by atoms with Crippen LogP contribution in [0.1, 0.15) is 16.7 Å². The van der Waals surface area contributed by atoms with Crippen molar-refractivity contribution in [3.8, 4) is 0 Å². The predicted octanol–water partition coefficient (Wildman–Crippen LogP) is -1.27. The molecule has 0 saturated carbocycles. The fourth-order valence-corrected chi connectivity index (χ4v) is 1.81. The minimum atomic E-state index is -1.82. The summed E-state index contributed by atoms with van der Waals surface area (Å²) in [5.41, 5.74) is 2.70. The predicted molar refractivity (Wildman–Crippen MR) is 89.2 cm³/mol. The molecule has 0 saturated heterocycles. The van der Waals surface area contributed by atoms with Crippen molar-refractivity contribution >= 4 is 23.4 Å². The van der Waals surface area contributed by atoms with Gasteiger partial charge in [0.05, 0.1) is 6.61 Å². The molecule has 0 heterocycles. The van der Waals surface area contributed by atoms with Crippen LogP contribution in [-0.2, 0) is 0 Å². The van der Waals surface area contributed by atoms with Crippen LogP contribution in [0.4, 0.5) is 0 Å². The molecule has 1 rings (SSSR count). The van der Waals surface area contributed by atoms with Crippen LogP contribution in [0.5, 0.6) is 0 Å². The summed E-state index contributed by atoms with van der Waals surface area (Å²) in [5, 5.41) is 56.6. The molecule has 0 fully saturated rings. The smallest absolute Gasteiger partial charge is 0.870 e. The molecular formula is C15H25AlO9. The third kappa shape index (κ3) is 8.75. The average Bonchev–Trinajstić information content (AvgIpc) is 2.47. The molecule has 0 aliphatic carbocycles. The van der Waals surface area contributed by atoms with Gasteiger partial charge in [-0.3, -0.25) is 0 Å². The van der Waals surface area contributed by atoms with E-state index in [1.54, 1.807) is 12.1 Å². The third-order valence-electron chi connectivity index (χ3n) is 3.40. The van der Waals surface area contributed by atoms with Crippen LogP contribution in [0.15, 0.2) is 24.0 Å². The van der Waals surface area contributed by atoms with Crippen molar-refractivity contribution in [3.05, 3.63) is 40.6 Å². The van der Waals surface area contributed by atoms with Crippen molar-refractivity contribution in [1.82, 2.24) is 0 Å². The van der Waals surface area contributed by atoms with Gasteiger partial charge in [-0.2, -0.15) is 0 Å². The molecule has 0 aliphatic heterocycles. The van der Waals surface area contributed by atoms with Gasteiger partial charge in [-0.05, 0) is 36.6 Å². The summed E-state index contributed by atoms with van der Waals surface area (Å²) in [6.45, 7) is 3.07. The first-order valence-electron chi connectivity index (χ1n) is 6.58. The van der Waals surface area contributed by atoms with Crippen LogP contribution in [0, 0.1) is 13.8 Å². The number of benzene rings is 1. The maximum atomic E-state index is 9.80. The molecule has 4 unspecified atom stereocenters. The maximum Gasteiger partial charge on any atom is 3.00 e. The normalized spacial score (nSPS) is 15.2. The summed E-state index contributed by atoms with van der Waals surface area (Å²) < 4.78 is 0. The Bertz CT molecular complexity index is 510. The summed E-state index contributed by atoms with van der Waals surface area (Å²) in [6, 6.07) is 5.38. The molecule has 0 aromatic heterocycles. The Balaban J connectivity index is -0.000000551. The maximum absolute atomic E-state index is 9.80. The molecule has 10 heteroatoms. The largest absolute Gasteiger partial charge is 3.00 e. The zero-order valence-corrected chi connectivity index (χ0v) is 15.1. The van der Waals surface area contributed by atoms with E-state index in [9.17, 15) is 25.5 Å². The van der Waals surface area contributed by atoms with E-state index in [1.807, 2.05) is 19.9 Å².